The number of aliphatic carboxylic acids is 1. The number of carbonyl (C=O) groups excluding carboxylic acids is 1. The molecule has 1 aromatic heterocycles. The number of aryl methyl sites for hydroxylation is 1. The van der Waals surface area contributed by atoms with Crippen LogP contribution < -0.4 is 4.74 Å². The molecule has 1 amide bonds. The van der Waals surface area contributed by atoms with E-state index in [1.165, 1.54) is 11.1 Å². The van der Waals surface area contributed by atoms with Crippen molar-refractivity contribution in [2.24, 2.45) is 0 Å². The molecule has 0 spiro atoms. The third-order valence-corrected chi connectivity index (χ3v) is 4.62. The highest BCUT2D eigenvalue weighted by Crippen LogP contribution is 2.24. The fourth-order valence-electron chi connectivity index (χ4n) is 3.15. The Morgan fingerprint density at radius 2 is 2.08 bits per heavy atom. The molecule has 2 heterocycles. The normalized spacial score (nSPS) is 14.7. The fraction of sp³-hybridized carbons (Fsp3) is 0.421. The lowest BCUT2D eigenvalue weighted by molar-refractivity contribution is -0.138. The van der Waals surface area contributed by atoms with Gasteiger partial charge in [-0.2, -0.15) is 5.10 Å². The number of fused-ring (bicyclic) bond motifs is 1. The molecule has 26 heavy (non-hydrogen) atoms. The van der Waals surface area contributed by atoms with Crippen molar-refractivity contribution in [2.75, 3.05) is 13.7 Å². The van der Waals surface area contributed by atoms with E-state index in [0.717, 1.165) is 24.9 Å². The van der Waals surface area contributed by atoms with E-state index in [9.17, 15) is 14.7 Å². The molecule has 7 nitrogen and oxygen atoms in total. The van der Waals surface area contributed by atoms with Crippen LogP contribution in [0.2, 0.25) is 0 Å². The number of nitrogens with zero attached hydrogens (tertiary/aromatic N) is 3. The zero-order valence-electron chi connectivity index (χ0n) is 14.8. The second-order valence-electron chi connectivity index (χ2n) is 6.50. The number of hydrogen-bond acceptors (Lipinski definition) is 4. The number of benzene rings is 1. The Morgan fingerprint density at radius 3 is 2.81 bits per heavy atom. The van der Waals surface area contributed by atoms with Crippen LogP contribution in [0.5, 0.6) is 5.88 Å². The molecule has 1 atom stereocenters. The highest BCUT2D eigenvalue weighted by molar-refractivity contribution is 5.96. The van der Waals surface area contributed by atoms with Crippen LogP contribution in [-0.2, 0) is 17.8 Å². The lowest BCUT2D eigenvalue weighted by Gasteiger charge is -2.27. The highest BCUT2D eigenvalue weighted by atomic mass is 16.5. The van der Waals surface area contributed by atoms with Crippen LogP contribution in [0.1, 0.15) is 35.2 Å². The maximum atomic E-state index is 13.0. The van der Waals surface area contributed by atoms with Crippen molar-refractivity contribution < 1.29 is 19.4 Å². The van der Waals surface area contributed by atoms with E-state index in [1.807, 2.05) is 30.3 Å². The van der Waals surface area contributed by atoms with Crippen molar-refractivity contribution >= 4 is 11.9 Å². The van der Waals surface area contributed by atoms with Gasteiger partial charge in [-0.25, -0.2) is 4.68 Å². The monoisotopic (exact) mass is 357 g/mol. The predicted molar refractivity (Wildman–Crippen MR) is 95.2 cm³/mol. The van der Waals surface area contributed by atoms with Gasteiger partial charge in [-0.15, -0.1) is 0 Å². The van der Waals surface area contributed by atoms with E-state index >= 15 is 0 Å². The zero-order valence-corrected chi connectivity index (χ0v) is 14.8. The number of amides is 1. The Hall–Kier alpha value is -2.83. The number of carbonyl (C=O) groups is 2. The lowest BCUT2D eigenvalue weighted by Crippen LogP contribution is -2.40. The Balaban J connectivity index is 1.81. The summed E-state index contributed by atoms with van der Waals surface area (Å²) in [5.74, 6) is -0.723. The second-order valence-corrected chi connectivity index (χ2v) is 6.50. The summed E-state index contributed by atoms with van der Waals surface area (Å²) in [7, 11) is 1.64. The molecule has 1 aliphatic rings. The highest BCUT2D eigenvalue weighted by Gasteiger charge is 2.28. The first kappa shape index (κ1) is 18.0. The van der Waals surface area contributed by atoms with Crippen LogP contribution in [0.25, 0.3) is 0 Å². The van der Waals surface area contributed by atoms with Crippen LogP contribution in [0.4, 0.5) is 0 Å². The minimum atomic E-state index is -0.935. The standard InChI is InChI=1S/C19H23N3O4/c1-21(15(12-17(23)24)11-14-7-3-2-4-8-14)18(25)16-13-20-22-9-5-6-10-26-19(16)22/h2-4,7-8,13,15H,5-6,9-12H2,1H3,(H,23,24)/t15-/m0/s1. The van der Waals surface area contributed by atoms with Crippen molar-refractivity contribution in [3.05, 3.63) is 47.7 Å². The van der Waals surface area contributed by atoms with Crippen LogP contribution in [0.3, 0.4) is 0 Å². The molecule has 1 aromatic carbocycles. The Labute approximate surface area is 152 Å². The van der Waals surface area contributed by atoms with Crippen molar-refractivity contribution in [1.82, 2.24) is 14.7 Å². The first-order chi connectivity index (χ1) is 12.6. The number of ether oxygens (including phenoxy) is 1. The first-order valence-corrected chi connectivity index (χ1v) is 8.77. The molecule has 138 valence electrons. The summed E-state index contributed by atoms with van der Waals surface area (Å²) >= 11 is 0. The Morgan fingerprint density at radius 1 is 1.31 bits per heavy atom. The third kappa shape index (κ3) is 4.04. The molecule has 0 unspecified atom stereocenters. The van der Waals surface area contributed by atoms with Gasteiger partial charge in [-0.3, -0.25) is 9.59 Å². The van der Waals surface area contributed by atoms with Crippen molar-refractivity contribution in [3.63, 3.8) is 0 Å². The quantitative estimate of drug-likeness (QED) is 0.857. The topological polar surface area (TPSA) is 84.7 Å². The Kier molecular flexibility index (Phi) is 5.55. The molecule has 1 aliphatic heterocycles. The summed E-state index contributed by atoms with van der Waals surface area (Å²) in [6.45, 7) is 1.27. The van der Waals surface area contributed by atoms with E-state index < -0.39 is 12.0 Å². The largest absolute Gasteiger partial charge is 0.481 e. The summed E-state index contributed by atoms with van der Waals surface area (Å²) in [5.41, 5.74) is 1.38. The van der Waals surface area contributed by atoms with Gasteiger partial charge in [0.15, 0.2) is 0 Å². The number of likely N-dealkylation sites (N-methyl/N-ethyl adjacent to an activating group) is 1. The van der Waals surface area contributed by atoms with Gasteiger partial charge in [0.2, 0.25) is 5.88 Å². The summed E-state index contributed by atoms with van der Waals surface area (Å²) in [5, 5.41) is 13.5. The summed E-state index contributed by atoms with van der Waals surface area (Å²) in [6, 6.07) is 9.12. The smallest absolute Gasteiger partial charge is 0.305 e. The van der Waals surface area contributed by atoms with Crippen molar-refractivity contribution in [1.29, 1.82) is 0 Å². The predicted octanol–water partition coefficient (Wildman–Crippen LogP) is 2.21. The molecule has 0 radical (unpaired) electrons. The average molecular weight is 357 g/mol. The Bertz CT molecular complexity index is 772. The van der Waals surface area contributed by atoms with Gasteiger partial charge < -0.3 is 14.7 Å². The zero-order chi connectivity index (χ0) is 18.5. The number of carboxylic acid groups (broad SMARTS) is 1. The van der Waals surface area contributed by atoms with Crippen LogP contribution >= 0.6 is 0 Å². The molecule has 1 N–H and O–H groups in total. The number of hydrogen-bond donors (Lipinski definition) is 1. The molecular weight excluding hydrogens is 334 g/mol. The van der Waals surface area contributed by atoms with Gasteiger partial charge in [-0.1, -0.05) is 30.3 Å². The second kappa shape index (κ2) is 8.03. The maximum Gasteiger partial charge on any atom is 0.305 e. The first-order valence-electron chi connectivity index (χ1n) is 8.77. The van der Waals surface area contributed by atoms with Crippen LogP contribution in [-0.4, -0.2) is 51.4 Å². The molecule has 0 fully saturated rings. The molecule has 2 aromatic rings. The lowest BCUT2D eigenvalue weighted by atomic mass is 10.0. The van der Waals surface area contributed by atoms with E-state index in [4.69, 9.17) is 4.74 Å². The number of aromatic nitrogens is 2. The SMILES string of the molecule is CN(C(=O)c1cnn2c1OCCCC2)[C@H](CC(=O)O)Cc1ccccc1. The van der Waals surface area contributed by atoms with E-state index in [0.29, 0.717) is 24.5 Å². The van der Waals surface area contributed by atoms with E-state index in [1.54, 1.807) is 11.7 Å². The van der Waals surface area contributed by atoms with Gasteiger partial charge in [-0.05, 0) is 24.8 Å². The van der Waals surface area contributed by atoms with Crippen molar-refractivity contribution in [3.8, 4) is 5.88 Å². The molecule has 0 saturated heterocycles. The van der Waals surface area contributed by atoms with Gasteiger partial charge >= 0.3 is 5.97 Å². The molecule has 3 rings (SSSR count). The molecular formula is C19H23N3O4. The van der Waals surface area contributed by atoms with Gasteiger partial charge in [0.1, 0.15) is 5.56 Å². The molecule has 0 aliphatic carbocycles. The van der Waals surface area contributed by atoms with Crippen molar-refractivity contribution in [2.45, 2.75) is 38.3 Å². The van der Waals surface area contributed by atoms with Gasteiger partial charge in [0, 0.05) is 19.6 Å². The summed E-state index contributed by atoms with van der Waals surface area (Å²) in [6.07, 6.45) is 3.73. The minimum absolute atomic E-state index is 0.124. The molecule has 0 saturated carbocycles. The number of rotatable bonds is 6. The van der Waals surface area contributed by atoms with E-state index in [2.05, 4.69) is 5.10 Å². The summed E-state index contributed by atoms with van der Waals surface area (Å²) in [4.78, 5) is 25.8. The summed E-state index contributed by atoms with van der Waals surface area (Å²) < 4.78 is 7.41. The average Bonchev–Trinajstić information content (AvgIpc) is 2.88. The van der Waals surface area contributed by atoms with Crippen LogP contribution in [0.15, 0.2) is 36.5 Å². The number of carboxylic acids is 1. The maximum absolute atomic E-state index is 13.0. The minimum Gasteiger partial charge on any atom is -0.481 e. The molecule has 7 heteroatoms. The van der Waals surface area contributed by atoms with Crippen LogP contribution in [0, 0.1) is 0 Å². The fourth-order valence-corrected chi connectivity index (χ4v) is 3.15. The van der Waals surface area contributed by atoms with E-state index in [-0.39, 0.29) is 12.3 Å². The van der Waals surface area contributed by atoms with Gasteiger partial charge in [0.05, 0.1) is 19.2 Å². The third-order valence-electron chi connectivity index (χ3n) is 4.62. The van der Waals surface area contributed by atoms with Gasteiger partial charge in [0.25, 0.3) is 5.91 Å². The molecule has 0 bridgehead atoms.